The predicted molar refractivity (Wildman–Crippen MR) is 114 cm³/mol. The molecular weight excluding hydrogens is 433 g/mol. The second-order valence-corrected chi connectivity index (χ2v) is 7.53. The quantitative estimate of drug-likeness (QED) is 0.561. The first-order chi connectivity index (χ1) is 16.1. The summed E-state index contributed by atoms with van der Waals surface area (Å²) in [5.74, 6) is 0.445. The summed E-state index contributed by atoms with van der Waals surface area (Å²) in [5, 5.41) is 7.67. The van der Waals surface area contributed by atoms with E-state index in [2.05, 4.69) is 15.3 Å². The van der Waals surface area contributed by atoms with Crippen molar-refractivity contribution >= 4 is 17.6 Å². The molecule has 10 nitrogen and oxygen atoms in total. The SMILES string of the molecule is CN1CCON=C1c1ccc(-c2ccc(N3C[C@H](COc4ccon4)OC3=O)cc2F)cn1. The maximum atomic E-state index is 15.0. The molecule has 3 aromatic rings. The van der Waals surface area contributed by atoms with E-state index in [-0.39, 0.29) is 13.2 Å². The molecule has 5 rings (SSSR count). The van der Waals surface area contributed by atoms with Crippen LogP contribution in [0.5, 0.6) is 5.88 Å². The van der Waals surface area contributed by atoms with E-state index < -0.39 is 18.0 Å². The van der Waals surface area contributed by atoms with Gasteiger partial charge in [0.15, 0.2) is 11.9 Å². The molecule has 2 aliphatic heterocycles. The fourth-order valence-electron chi connectivity index (χ4n) is 3.57. The molecule has 0 N–H and O–H groups in total. The van der Waals surface area contributed by atoms with Gasteiger partial charge in [-0.2, -0.15) is 0 Å². The number of anilines is 1. The van der Waals surface area contributed by atoms with E-state index >= 15 is 0 Å². The molecule has 2 aliphatic rings. The predicted octanol–water partition coefficient (Wildman–Crippen LogP) is 2.90. The number of pyridine rings is 1. The lowest BCUT2D eigenvalue weighted by molar-refractivity contribution is 0.102. The molecule has 1 fully saturated rings. The fraction of sp³-hybridized carbons (Fsp3) is 0.273. The van der Waals surface area contributed by atoms with E-state index in [1.807, 2.05) is 11.9 Å². The van der Waals surface area contributed by atoms with E-state index in [1.165, 1.54) is 17.2 Å². The van der Waals surface area contributed by atoms with E-state index in [4.69, 9.17) is 18.8 Å². The van der Waals surface area contributed by atoms with Crippen molar-refractivity contribution in [1.82, 2.24) is 15.0 Å². The van der Waals surface area contributed by atoms with Crippen LogP contribution in [0.2, 0.25) is 0 Å². The number of carbonyl (C=O) groups excluding carboxylic acids is 1. The Bertz CT molecular complexity index is 1170. The molecule has 0 saturated carbocycles. The molecule has 1 saturated heterocycles. The Morgan fingerprint density at radius 1 is 1.24 bits per heavy atom. The molecule has 0 unspecified atom stereocenters. The molecule has 1 atom stereocenters. The molecule has 0 radical (unpaired) electrons. The zero-order valence-electron chi connectivity index (χ0n) is 17.7. The third-order valence-electron chi connectivity index (χ3n) is 5.30. The fourth-order valence-corrected chi connectivity index (χ4v) is 3.57. The van der Waals surface area contributed by atoms with Gasteiger partial charge in [0, 0.05) is 30.4 Å². The maximum absolute atomic E-state index is 15.0. The van der Waals surface area contributed by atoms with Gasteiger partial charge in [0.05, 0.1) is 18.8 Å². The number of amidine groups is 1. The normalized spacial score (nSPS) is 18.1. The van der Waals surface area contributed by atoms with Crippen LogP contribution in [0.1, 0.15) is 5.69 Å². The van der Waals surface area contributed by atoms with Gasteiger partial charge in [-0.3, -0.25) is 9.88 Å². The number of hydrogen-bond acceptors (Lipinski definition) is 9. The van der Waals surface area contributed by atoms with Crippen LogP contribution in [-0.2, 0) is 9.57 Å². The third kappa shape index (κ3) is 4.29. The summed E-state index contributed by atoms with van der Waals surface area (Å²) in [4.78, 5) is 25.1. The number of cyclic esters (lactones) is 1. The van der Waals surface area contributed by atoms with Crippen LogP contribution in [0.4, 0.5) is 14.9 Å². The topological polar surface area (TPSA) is 103 Å². The van der Waals surface area contributed by atoms with Crippen LogP contribution in [0.15, 0.2) is 58.5 Å². The number of likely N-dealkylation sites (N-methyl/N-ethyl adjacent to an activating group) is 1. The van der Waals surface area contributed by atoms with Gasteiger partial charge in [-0.05, 0) is 29.4 Å². The van der Waals surface area contributed by atoms with Gasteiger partial charge in [0.2, 0.25) is 0 Å². The second kappa shape index (κ2) is 8.77. The number of halogens is 1. The van der Waals surface area contributed by atoms with Crippen molar-refractivity contribution in [1.29, 1.82) is 0 Å². The van der Waals surface area contributed by atoms with Crippen LogP contribution >= 0.6 is 0 Å². The lowest BCUT2D eigenvalue weighted by Gasteiger charge is -2.23. The van der Waals surface area contributed by atoms with Gasteiger partial charge in [0.1, 0.15) is 31.0 Å². The van der Waals surface area contributed by atoms with Crippen molar-refractivity contribution in [3.8, 4) is 17.0 Å². The zero-order valence-corrected chi connectivity index (χ0v) is 17.7. The van der Waals surface area contributed by atoms with Gasteiger partial charge in [0.25, 0.3) is 5.88 Å². The highest BCUT2D eigenvalue weighted by Gasteiger charge is 2.33. The van der Waals surface area contributed by atoms with Crippen LogP contribution in [0.25, 0.3) is 11.1 Å². The number of ether oxygens (including phenoxy) is 2. The van der Waals surface area contributed by atoms with Crippen molar-refractivity contribution < 1.29 is 28.0 Å². The average molecular weight is 453 g/mol. The molecule has 1 amide bonds. The molecule has 4 heterocycles. The molecular formula is C22H20FN5O5. The first kappa shape index (κ1) is 20.7. The summed E-state index contributed by atoms with van der Waals surface area (Å²) in [6, 6.07) is 9.68. The molecule has 33 heavy (non-hydrogen) atoms. The first-order valence-electron chi connectivity index (χ1n) is 10.3. The van der Waals surface area contributed by atoms with Crippen LogP contribution < -0.4 is 9.64 Å². The van der Waals surface area contributed by atoms with E-state index in [0.29, 0.717) is 47.4 Å². The minimum absolute atomic E-state index is 0.110. The third-order valence-corrected chi connectivity index (χ3v) is 5.30. The highest BCUT2D eigenvalue weighted by molar-refractivity contribution is 5.97. The second-order valence-electron chi connectivity index (χ2n) is 7.53. The molecule has 0 bridgehead atoms. The number of aromatic nitrogens is 2. The summed E-state index contributed by atoms with van der Waals surface area (Å²) in [6.07, 6.45) is 1.88. The van der Waals surface area contributed by atoms with Crippen LogP contribution in [-0.4, -0.2) is 66.4 Å². The number of amides is 1. The van der Waals surface area contributed by atoms with Gasteiger partial charge in [-0.1, -0.05) is 11.2 Å². The zero-order chi connectivity index (χ0) is 22.8. The molecule has 0 aliphatic carbocycles. The standard InChI is InChI=1S/C22H20FN5O5/c1-27-7-9-32-26-21(27)19-5-2-14(11-24-19)17-4-3-15(10-18(17)23)28-12-16(33-22(28)29)13-30-20-6-8-31-25-20/h2-6,8,10-11,16H,7,9,12-13H2,1H3/t16-/m1/s1. The van der Waals surface area contributed by atoms with Gasteiger partial charge < -0.3 is 23.7 Å². The highest BCUT2D eigenvalue weighted by Crippen LogP contribution is 2.29. The maximum Gasteiger partial charge on any atom is 0.414 e. The Labute approximate surface area is 188 Å². The van der Waals surface area contributed by atoms with Crippen molar-refractivity contribution in [2.75, 3.05) is 38.3 Å². The monoisotopic (exact) mass is 453 g/mol. The Balaban J connectivity index is 1.28. The van der Waals surface area contributed by atoms with E-state index in [9.17, 15) is 9.18 Å². The van der Waals surface area contributed by atoms with Crippen LogP contribution in [0, 0.1) is 5.82 Å². The Hall–Kier alpha value is -4.15. The van der Waals surface area contributed by atoms with Gasteiger partial charge in [-0.25, -0.2) is 9.18 Å². The van der Waals surface area contributed by atoms with E-state index in [0.717, 1.165) is 0 Å². The Morgan fingerprint density at radius 3 is 2.88 bits per heavy atom. The summed E-state index contributed by atoms with van der Waals surface area (Å²) in [7, 11) is 1.91. The average Bonchev–Trinajstić information content (AvgIpc) is 3.48. The van der Waals surface area contributed by atoms with Crippen molar-refractivity contribution in [3.05, 3.63) is 60.4 Å². The highest BCUT2D eigenvalue weighted by atomic mass is 19.1. The summed E-state index contributed by atoms with van der Waals surface area (Å²) >= 11 is 0. The van der Waals surface area contributed by atoms with Crippen molar-refractivity contribution in [2.24, 2.45) is 5.16 Å². The molecule has 1 aromatic carbocycles. The first-order valence-corrected chi connectivity index (χ1v) is 10.3. The van der Waals surface area contributed by atoms with Gasteiger partial charge >= 0.3 is 6.09 Å². The van der Waals surface area contributed by atoms with Crippen molar-refractivity contribution in [3.63, 3.8) is 0 Å². The number of benzene rings is 1. The Kier molecular flexibility index (Phi) is 5.51. The largest absolute Gasteiger partial charge is 0.471 e. The minimum Gasteiger partial charge on any atom is -0.471 e. The molecule has 11 heteroatoms. The summed E-state index contributed by atoms with van der Waals surface area (Å²) < 4.78 is 30.4. The number of carbonyl (C=O) groups is 1. The summed E-state index contributed by atoms with van der Waals surface area (Å²) in [6.45, 7) is 1.57. The summed E-state index contributed by atoms with van der Waals surface area (Å²) in [5.41, 5.74) is 2.00. The smallest absolute Gasteiger partial charge is 0.414 e. The van der Waals surface area contributed by atoms with Crippen molar-refractivity contribution in [2.45, 2.75) is 6.10 Å². The molecule has 170 valence electrons. The number of nitrogens with zero attached hydrogens (tertiary/aromatic N) is 5. The van der Waals surface area contributed by atoms with Crippen LogP contribution in [0.3, 0.4) is 0 Å². The number of hydrogen-bond donors (Lipinski definition) is 0. The lowest BCUT2D eigenvalue weighted by atomic mass is 10.1. The lowest BCUT2D eigenvalue weighted by Crippen LogP contribution is -2.34. The number of oxime groups is 1. The molecule has 2 aromatic heterocycles. The minimum atomic E-state index is -0.568. The number of rotatable bonds is 6. The Morgan fingerprint density at radius 2 is 2.15 bits per heavy atom. The molecule has 0 spiro atoms. The van der Waals surface area contributed by atoms with E-state index in [1.54, 1.807) is 36.5 Å². The van der Waals surface area contributed by atoms with Gasteiger partial charge in [-0.15, -0.1) is 0 Å².